The Balaban J connectivity index is 0.000000461. The monoisotopic (exact) mass is 158 g/mol. The number of cyclic esters (lactones) is 1. The molecule has 66 valence electrons. The molecule has 1 unspecified atom stereocenters. The number of hydrogen-bond acceptors (Lipinski definition) is 2. The molecule has 1 fully saturated rings. The van der Waals surface area contributed by atoms with Gasteiger partial charge in [0.25, 0.3) is 0 Å². The van der Waals surface area contributed by atoms with Gasteiger partial charge in [0.15, 0.2) is 0 Å². The molecule has 0 N–H and O–H groups in total. The summed E-state index contributed by atoms with van der Waals surface area (Å²) in [6.07, 6.45) is 0.623. The topological polar surface area (TPSA) is 26.3 Å². The number of carbonyl (C=O) groups is 1. The average molecular weight is 158 g/mol. The summed E-state index contributed by atoms with van der Waals surface area (Å²) in [5, 5.41) is 0. The van der Waals surface area contributed by atoms with Gasteiger partial charge in [-0.15, -0.1) is 0 Å². The molecule has 0 radical (unpaired) electrons. The Kier molecular flexibility index (Phi) is 4.92. The summed E-state index contributed by atoms with van der Waals surface area (Å²) in [4.78, 5) is 10.5. The minimum atomic E-state index is -0.0336. The second-order valence-corrected chi connectivity index (χ2v) is 2.89. The molecule has 0 aliphatic carbocycles. The summed E-state index contributed by atoms with van der Waals surface area (Å²) in [7, 11) is 0. The van der Waals surface area contributed by atoms with Crippen LogP contribution in [0.4, 0.5) is 0 Å². The highest BCUT2D eigenvalue weighted by Gasteiger charge is 2.25. The Bertz CT molecular complexity index is 119. The van der Waals surface area contributed by atoms with Crippen molar-refractivity contribution in [2.45, 2.75) is 34.1 Å². The lowest BCUT2D eigenvalue weighted by molar-refractivity contribution is -0.137. The highest BCUT2D eigenvalue weighted by Crippen LogP contribution is 2.21. The molecule has 0 amide bonds. The predicted octanol–water partition coefficient (Wildman–Crippen LogP) is 2.23. The molecule has 1 rings (SSSR count). The van der Waals surface area contributed by atoms with Crippen molar-refractivity contribution in [1.29, 1.82) is 0 Å². The van der Waals surface area contributed by atoms with Crippen LogP contribution >= 0.6 is 0 Å². The first kappa shape index (κ1) is 10.5. The SMILES string of the molecule is CC.CC(C)C1COC(=O)C1. The number of hydrogen-bond donors (Lipinski definition) is 0. The second-order valence-electron chi connectivity index (χ2n) is 2.89. The van der Waals surface area contributed by atoms with Crippen LogP contribution in [0.15, 0.2) is 0 Å². The van der Waals surface area contributed by atoms with E-state index in [0.717, 1.165) is 0 Å². The maximum atomic E-state index is 10.5. The summed E-state index contributed by atoms with van der Waals surface area (Å²) in [6.45, 7) is 8.87. The lowest BCUT2D eigenvalue weighted by Gasteiger charge is -2.07. The Morgan fingerprint density at radius 2 is 2.00 bits per heavy atom. The largest absolute Gasteiger partial charge is 0.465 e. The minimum absolute atomic E-state index is 0.0336. The van der Waals surface area contributed by atoms with E-state index in [1.54, 1.807) is 0 Å². The van der Waals surface area contributed by atoms with Gasteiger partial charge in [-0.3, -0.25) is 4.79 Å². The smallest absolute Gasteiger partial charge is 0.306 e. The van der Waals surface area contributed by atoms with Crippen molar-refractivity contribution in [3.63, 3.8) is 0 Å². The molecule has 0 saturated carbocycles. The fourth-order valence-corrected chi connectivity index (χ4v) is 0.960. The lowest BCUT2D eigenvalue weighted by atomic mass is 9.95. The molecule has 2 heteroatoms. The summed E-state index contributed by atoms with van der Waals surface area (Å²) < 4.78 is 4.79. The van der Waals surface area contributed by atoms with Crippen LogP contribution in [0.3, 0.4) is 0 Å². The fourth-order valence-electron chi connectivity index (χ4n) is 0.960. The lowest BCUT2D eigenvalue weighted by Crippen LogP contribution is -2.07. The first-order valence-corrected chi connectivity index (χ1v) is 4.36. The van der Waals surface area contributed by atoms with Gasteiger partial charge in [-0.2, -0.15) is 0 Å². The van der Waals surface area contributed by atoms with Crippen molar-refractivity contribution in [2.75, 3.05) is 6.61 Å². The summed E-state index contributed by atoms with van der Waals surface area (Å²) in [5.74, 6) is 1.02. The van der Waals surface area contributed by atoms with Gasteiger partial charge in [-0.05, 0) is 5.92 Å². The first-order chi connectivity index (χ1) is 5.20. The predicted molar refractivity (Wildman–Crippen MR) is 45.3 cm³/mol. The maximum absolute atomic E-state index is 10.5. The Labute approximate surface area is 68.9 Å². The van der Waals surface area contributed by atoms with E-state index in [1.165, 1.54) is 0 Å². The van der Waals surface area contributed by atoms with Gasteiger partial charge in [0.2, 0.25) is 0 Å². The third-order valence-electron chi connectivity index (χ3n) is 1.83. The number of rotatable bonds is 1. The van der Waals surface area contributed by atoms with Crippen LogP contribution in [0.5, 0.6) is 0 Å². The molecular weight excluding hydrogens is 140 g/mol. The summed E-state index contributed by atoms with van der Waals surface area (Å²) >= 11 is 0. The van der Waals surface area contributed by atoms with Gasteiger partial charge in [0, 0.05) is 5.92 Å². The van der Waals surface area contributed by atoms with Gasteiger partial charge in [-0.1, -0.05) is 27.7 Å². The van der Waals surface area contributed by atoms with Gasteiger partial charge in [-0.25, -0.2) is 0 Å². The molecule has 0 bridgehead atoms. The van der Waals surface area contributed by atoms with E-state index in [1.807, 2.05) is 13.8 Å². The molecule has 1 atom stereocenters. The van der Waals surface area contributed by atoms with E-state index in [2.05, 4.69) is 13.8 Å². The highest BCUT2D eigenvalue weighted by atomic mass is 16.5. The van der Waals surface area contributed by atoms with E-state index >= 15 is 0 Å². The molecule has 0 aromatic heterocycles. The van der Waals surface area contributed by atoms with Crippen LogP contribution in [-0.2, 0) is 9.53 Å². The van der Waals surface area contributed by atoms with Crippen LogP contribution in [-0.4, -0.2) is 12.6 Å². The molecule has 1 heterocycles. The van der Waals surface area contributed by atoms with E-state index < -0.39 is 0 Å². The molecule has 2 nitrogen and oxygen atoms in total. The Morgan fingerprint density at radius 1 is 1.45 bits per heavy atom. The zero-order chi connectivity index (χ0) is 8.85. The standard InChI is InChI=1S/C7H12O2.C2H6/c1-5(2)6-3-7(8)9-4-6;1-2/h5-6H,3-4H2,1-2H3;1-2H3. The highest BCUT2D eigenvalue weighted by molar-refractivity contribution is 5.71. The van der Waals surface area contributed by atoms with Gasteiger partial charge < -0.3 is 4.74 Å². The molecule has 0 spiro atoms. The number of ether oxygens (including phenoxy) is 1. The van der Waals surface area contributed by atoms with E-state index in [9.17, 15) is 4.79 Å². The molecular formula is C9H18O2. The first-order valence-electron chi connectivity index (χ1n) is 4.36. The van der Waals surface area contributed by atoms with Crippen LogP contribution in [0.25, 0.3) is 0 Å². The third-order valence-corrected chi connectivity index (χ3v) is 1.83. The maximum Gasteiger partial charge on any atom is 0.306 e. The van der Waals surface area contributed by atoms with E-state index in [-0.39, 0.29) is 5.97 Å². The molecule has 11 heavy (non-hydrogen) atoms. The van der Waals surface area contributed by atoms with Gasteiger partial charge >= 0.3 is 5.97 Å². The van der Waals surface area contributed by atoms with Crippen molar-refractivity contribution in [3.8, 4) is 0 Å². The fraction of sp³-hybridized carbons (Fsp3) is 0.889. The minimum Gasteiger partial charge on any atom is -0.465 e. The number of esters is 1. The number of carbonyl (C=O) groups excluding carboxylic acids is 1. The third kappa shape index (κ3) is 3.40. The zero-order valence-corrected chi connectivity index (χ0v) is 7.89. The van der Waals surface area contributed by atoms with Crippen molar-refractivity contribution >= 4 is 5.97 Å². The molecule has 1 aliphatic rings. The normalized spacial score (nSPS) is 22.6. The van der Waals surface area contributed by atoms with Gasteiger partial charge in [0.1, 0.15) is 0 Å². The summed E-state index contributed by atoms with van der Waals surface area (Å²) in [5.41, 5.74) is 0. The molecule has 0 aromatic rings. The van der Waals surface area contributed by atoms with Crippen LogP contribution < -0.4 is 0 Å². The van der Waals surface area contributed by atoms with Crippen molar-refractivity contribution in [3.05, 3.63) is 0 Å². The Morgan fingerprint density at radius 3 is 2.18 bits per heavy atom. The van der Waals surface area contributed by atoms with Gasteiger partial charge in [0.05, 0.1) is 13.0 Å². The Hall–Kier alpha value is -0.530. The quantitative estimate of drug-likeness (QED) is 0.547. The van der Waals surface area contributed by atoms with Crippen LogP contribution in [0, 0.1) is 11.8 Å². The second kappa shape index (κ2) is 5.16. The van der Waals surface area contributed by atoms with Crippen molar-refractivity contribution < 1.29 is 9.53 Å². The summed E-state index contributed by atoms with van der Waals surface area (Å²) in [6, 6.07) is 0. The van der Waals surface area contributed by atoms with E-state index in [0.29, 0.717) is 24.9 Å². The van der Waals surface area contributed by atoms with Crippen LogP contribution in [0.1, 0.15) is 34.1 Å². The molecule has 1 aliphatic heterocycles. The zero-order valence-electron chi connectivity index (χ0n) is 7.89. The molecule has 0 aromatic carbocycles. The van der Waals surface area contributed by atoms with E-state index in [4.69, 9.17) is 4.74 Å². The molecule has 1 saturated heterocycles. The van der Waals surface area contributed by atoms with Crippen molar-refractivity contribution in [1.82, 2.24) is 0 Å². The van der Waals surface area contributed by atoms with Crippen molar-refractivity contribution in [2.24, 2.45) is 11.8 Å². The average Bonchev–Trinajstić information content (AvgIpc) is 2.40. The van der Waals surface area contributed by atoms with Crippen LogP contribution in [0.2, 0.25) is 0 Å².